The summed E-state index contributed by atoms with van der Waals surface area (Å²) in [5.74, 6) is 0.315. The summed E-state index contributed by atoms with van der Waals surface area (Å²) in [5, 5.41) is 20.2. The second kappa shape index (κ2) is 6.21. The fourth-order valence-electron chi connectivity index (χ4n) is 2.18. The standard InChI is InChI=1S/C11H18N4O2S/c1-8(16)9-2-4-15(5-3-9)6-10(17)13-11-14-12-7-18-11/h7-9,16H,2-6H2,1H3,(H,13,14,17). The third-order valence-corrected chi connectivity index (χ3v) is 3.89. The third kappa shape index (κ3) is 3.72. The lowest BCUT2D eigenvalue weighted by atomic mass is 9.92. The Morgan fingerprint density at radius 2 is 2.39 bits per heavy atom. The van der Waals surface area contributed by atoms with E-state index in [9.17, 15) is 9.90 Å². The van der Waals surface area contributed by atoms with E-state index in [-0.39, 0.29) is 12.0 Å². The van der Waals surface area contributed by atoms with Gasteiger partial charge in [-0.15, -0.1) is 10.2 Å². The minimum Gasteiger partial charge on any atom is -0.393 e. The van der Waals surface area contributed by atoms with Crippen molar-refractivity contribution in [2.24, 2.45) is 5.92 Å². The van der Waals surface area contributed by atoms with Crippen LogP contribution in [0.3, 0.4) is 0 Å². The van der Waals surface area contributed by atoms with Crippen molar-refractivity contribution in [3.63, 3.8) is 0 Å². The van der Waals surface area contributed by atoms with E-state index in [4.69, 9.17) is 0 Å². The molecule has 1 unspecified atom stereocenters. The molecule has 6 nitrogen and oxygen atoms in total. The second-order valence-corrected chi connectivity index (χ2v) is 5.48. The summed E-state index contributed by atoms with van der Waals surface area (Å²) in [5.41, 5.74) is 1.59. The Morgan fingerprint density at radius 3 is 2.94 bits per heavy atom. The quantitative estimate of drug-likeness (QED) is 0.836. The molecule has 0 aromatic carbocycles. The highest BCUT2D eigenvalue weighted by molar-refractivity contribution is 7.13. The first-order valence-electron chi connectivity index (χ1n) is 6.11. The Hall–Kier alpha value is -1.05. The maximum atomic E-state index is 11.7. The lowest BCUT2D eigenvalue weighted by Crippen LogP contribution is -2.41. The summed E-state index contributed by atoms with van der Waals surface area (Å²) < 4.78 is 0. The first kappa shape index (κ1) is 13.4. The average molecular weight is 270 g/mol. The van der Waals surface area contributed by atoms with Gasteiger partial charge in [0, 0.05) is 0 Å². The van der Waals surface area contributed by atoms with Gasteiger partial charge in [-0.25, -0.2) is 0 Å². The molecule has 7 heteroatoms. The number of aliphatic hydroxyl groups excluding tert-OH is 1. The Kier molecular flexibility index (Phi) is 4.62. The molecular formula is C11H18N4O2S. The minimum atomic E-state index is -0.248. The van der Waals surface area contributed by atoms with Crippen LogP contribution in [-0.4, -0.2) is 51.8 Å². The number of rotatable bonds is 4. The highest BCUT2D eigenvalue weighted by Gasteiger charge is 2.23. The molecule has 0 radical (unpaired) electrons. The van der Waals surface area contributed by atoms with Crippen molar-refractivity contribution in [2.45, 2.75) is 25.9 Å². The van der Waals surface area contributed by atoms with Crippen LogP contribution in [0.5, 0.6) is 0 Å². The molecule has 0 spiro atoms. The monoisotopic (exact) mass is 270 g/mol. The van der Waals surface area contributed by atoms with Crippen molar-refractivity contribution in [1.29, 1.82) is 0 Å². The Bertz CT molecular complexity index is 374. The topological polar surface area (TPSA) is 78.4 Å². The summed E-state index contributed by atoms with van der Waals surface area (Å²) in [4.78, 5) is 13.8. The summed E-state index contributed by atoms with van der Waals surface area (Å²) in [6, 6.07) is 0. The molecule has 1 amide bonds. The van der Waals surface area contributed by atoms with E-state index in [0.29, 0.717) is 17.6 Å². The maximum absolute atomic E-state index is 11.7. The van der Waals surface area contributed by atoms with Crippen molar-refractivity contribution < 1.29 is 9.90 Å². The first-order chi connectivity index (χ1) is 8.65. The molecule has 2 heterocycles. The minimum absolute atomic E-state index is 0.0535. The highest BCUT2D eigenvalue weighted by Crippen LogP contribution is 2.20. The summed E-state index contributed by atoms with van der Waals surface area (Å²) in [6.45, 7) is 3.94. The van der Waals surface area contributed by atoms with E-state index in [1.807, 2.05) is 6.92 Å². The number of piperidine rings is 1. The van der Waals surface area contributed by atoms with E-state index in [1.54, 1.807) is 5.51 Å². The van der Waals surface area contributed by atoms with Crippen LogP contribution in [0.1, 0.15) is 19.8 Å². The van der Waals surface area contributed by atoms with Crippen molar-refractivity contribution >= 4 is 22.4 Å². The van der Waals surface area contributed by atoms with Gasteiger partial charge in [-0.2, -0.15) is 0 Å². The summed E-state index contributed by atoms with van der Waals surface area (Å²) in [6.07, 6.45) is 1.65. The number of nitrogens with one attached hydrogen (secondary N) is 1. The van der Waals surface area contributed by atoms with Gasteiger partial charge < -0.3 is 5.11 Å². The highest BCUT2D eigenvalue weighted by atomic mass is 32.1. The van der Waals surface area contributed by atoms with Crippen molar-refractivity contribution in [3.8, 4) is 0 Å². The Morgan fingerprint density at radius 1 is 1.67 bits per heavy atom. The maximum Gasteiger partial charge on any atom is 0.240 e. The molecule has 1 aromatic heterocycles. The molecule has 18 heavy (non-hydrogen) atoms. The lowest BCUT2D eigenvalue weighted by molar-refractivity contribution is -0.117. The Balaban J connectivity index is 1.73. The van der Waals surface area contributed by atoms with E-state index < -0.39 is 0 Å². The number of carbonyl (C=O) groups excluding carboxylic acids is 1. The van der Waals surface area contributed by atoms with Gasteiger partial charge in [-0.1, -0.05) is 11.3 Å². The molecule has 1 saturated heterocycles. The van der Waals surface area contributed by atoms with Gasteiger partial charge in [0.2, 0.25) is 11.0 Å². The molecule has 2 N–H and O–H groups in total. The van der Waals surface area contributed by atoms with Gasteiger partial charge in [0.05, 0.1) is 12.6 Å². The predicted octanol–water partition coefficient (Wildman–Crippen LogP) is 0.569. The normalized spacial score (nSPS) is 19.7. The Labute approximate surface area is 110 Å². The molecular weight excluding hydrogens is 252 g/mol. The average Bonchev–Trinajstić information content (AvgIpc) is 2.82. The second-order valence-electron chi connectivity index (χ2n) is 4.65. The molecule has 0 bridgehead atoms. The van der Waals surface area contributed by atoms with Crippen molar-refractivity contribution in [3.05, 3.63) is 5.51 Å². The molecule has 1 atom stereocenters. The van der Waals surface area contributed by atoms with Gasteiger partial charge in [0.25, 0.3) is 0 Å². The molecule has 1 aromatic rings. The number of nitrogens with zero attached hydrogens (tertiary/aromatic N) is 3. The van der Waals surface area contributed by atoms with Gasteiger partial charge in [0.1, 0.15) is 5.51 Å². The van der Waals surface area contributed by atoms with E-state index in [0.717, 1.165) is 25.9 Å². The molecule has 0 aliphatic carbocycles. The molecule has 1 fully saturated rings. The zero-order chi connectivity index (χ0) is 13.0. The number of aliphatic hydroxyl groups is 1. The molecule has 1 aliphatic rings. The fraction of sp³-hybridized carbons (Fsp3) is 0.727. The van der Waals surface area contributed by atoms with Gasteiger partial charge >= 0.3 is 0 Å². The molecule has 0 saturated carbocycles. The van der Waals surface area contributed by atoms with Crippen LogP contribution >= 0.6 is 11.3 Å². The lowest BCUT2D eigenvalue weighted by Gasteiger charge is -2.32. The molecule has 2 rings (SSSR count). The number of carbonyl (C=O) groups is 1. The van der Waals surface area contributed by atoms with E-state index in [1.165, 1.54) is 11.3 Å². The third-order valence-electron chi connectivity index (χ3n) is 3.29. The molecule has 1 aliphatic heterocycles. The SMILES string of the molecule is CC(O)C1CCN(CC(=O)Nc2nncs2)CC1. The summed E-state index contributed by atoms with van der Waals surface area (Å²) in [7, 11) is 0. The van der Waals surface area contributed by atoms with Crippen LogP contribution in [0.2, 0.25) is 0 Å². The fourth-order valence-corrected chi connectivity index (χ4v) is 2.64. The number of amides is 1. The van der Waals surface area contributed by atoms with E-state index in [2.05, 4.69) is 20.4 Å². The van der Waals surface area contributed by atoms with Crippen molar-refractivity contribution in [1.82, 2.24) is 15.1 Å². The predicted molar refractivity (Wildman–Crippen MR) is 69.4 cm³/mol. The van der Waals surface area contributed by atoms with Gasteiger partial charge in [-0.3, -0.25) is 15.0 Å². The van der Waals surface area contributed by atoms with Gasteiger partial charge in [-0.05, 0) is 38.8 Å². The number of aromatic nitrogens is 2. The van der Waals surface area contributed by atoms with Crippen LogP contribution in [0.15, 0.2) is 5.51 Å². The van der Waals surface area contributed by atoms with Crippen molar-refractivity contribution in [2.75, 3.05) is 25.0 Å². The van der Waals surface area contributed by atoms with Crippen LogP contribution in [0, 0.1) is 5.92 Å². The zero-order valence-electron chi connectivity index (χ0n) is 10.4. The first-order valence-corrected chi connectivity index (χ1v) is 6.99. The van der Waals surface area contributed by atoms with Gasteiger partial charge in [0.15, 0.2) is 0 Å². The smallest absolute Gasteiger partial charge is 0.240 e. The van der Waals surface area contributed by atoms with Crippen LogP contribution in [0.25, 0.3) is 0 Å². The zero-order valence-corrected chi connectivity index (χ0v) is 11.2. The van der Waals surface area contributed by atoms with Crippen LogP contribution in [0.4, 0.5) is 5.13 Å². The number of hydrogen-bond donors (Lipinski definition) is 2. The summed E-state index contributed by atoms with van der Waals surface area (Å²) >= 11 is 1.31. The largest absolute Gasteiger partial charge is 0.393 e. The number of anilines is 1. The van der Waals surface area contributed by atoms with Crippen LogP contribution in [-0.2, 0) is 4.79 Å². The number of likely N-dealkylation sites (tertiary alicyclic amines) is 1. The number of hydrogen-bond acceptors (Lipinski definition) is 6. The molecule has 100 valence electrons. The van der Waals surface area contributed by atoms with E-state index >= 15 is 0 Å². The van der Waals surface area contributed by atoms with Crippen LogP contribution < -0.4 is 5.32 Å².